The summed E-state index contributed by atoms with van der Waals surface area (Å²) in [6.45, 7) is 0. The molecule has 0 spiro atoms. The quantitative estimate of drug-likeness (QED) is 0.299. The number of hydrogen-bond donors (Lipinski definition) is 0. The maximum absolute atomic E-state index is 5.52. The summed E-state index contributed by atoms with van der Waals surface area (Å²) in [5.74, 6) is 1.70. The number of rotatable bonds is 6. The summed E-state index contributed by atoms with van der Waals surface area (Å²) >= 11 is 0. The van der Waals surface area contributed by atoms with Crippen molar-refractivity contribution in [2.75, 3.05) is 7.11 Å². The second-order valence-electron chi connectivity index (χ2n) is 8.30. The van der Waals surface area contributed by atoms with Crippen molar-refractivity contribution in [1.29, 1.82) is 0 Å². The summed E-state index contributed by atoms with van der Waals surface area (Å²) < 4.78 is 12.6. The first-order valence-corrected chi connectivity index (χ1v) is 13.5. The molecule has 2 aromatic heterocycles. The number of ether oxygens (including phenoxy) is 1. The van der Waals surface area contributed by atoms with Crippen LogP contribution in [0.25, 0.3) is 16.9 Å². The Bertz CT molecular complexity index is 1620. The van der Waals surface area contributed by atoms with Crippen LogP contribution in [0.15, 0.2) is 126 Å². The summed E-state index contributed by atoms with van der Waals surface area (Å²) in [4.78, 5) is 9.40. The van der Waals surface area contributed by atoms with Crippen LogP contribution in [0.2, 0.25) is 0 Å². The molecular weight excluding hydrogens is 479 g/mol. The molecule has 0 N–H and O–H groups in total. The second-order valence-corrected chi connectivity index (χ2v) is 11.3. The van der Waals surface area contributed by atoms with Gasteiger partial charge in [-0.05, 0) is 12.1 Å². The van der Waals surface area contributed by atoms with Crippen molar-refractivity contribution in [3.8, 4) is 11.6 Å². The van der Waals surface area contributed by atoms with E-state index in [0.717, 1.165) is 26.9 Å². The molecule has 0 radical (unpaired) electrons. The van der Waals surface area contributed by atoms with Gasteiger partial charge in [-0.1, -0.05) is 96.2 Å². The van der Waals surface area contributed by atoms with Crippen molar-refractivity contribution >= 4 is 39.8 Å². The van der Waals surface area contributed by atoms with Crippen LogP contribution < -0.4 is 20.7 Å². The standard InChI is InChI=1S/C29H23N6OP/c1-36-22-17-18-26-27(21-22)35(34-32-26)29-28(30-19-20-31-29)33-37(23-11-5-2-6-12-23,24-13-7-3-8-14-24)25-15-9-4-10-16-25/h2-21H,1H3. The van der Waals surface area contributed by atoms with Gasteiger partial charge in [-0.3, -0.25) is 0 Å². The molecular formula is C29H23N6OP. The molecule has 2 heterocycles. The first kappa shape index (κ1) is 22.8. The van der Waals surface area contributed by atoms with Crippen LogP contribution in [0.4, 0.5) is 5.82 Å². The highest BCUT2D eigenvalue weighted by molar-refractivity contribution is 7.87. The molecule has 0 amide bonds. The van der Waals surface area contributed by atoms with Crippen LogP contribution in [-0.2, 0) is 0 Å². The van der Waals surface area contributed by atoms with Crippen molar-refractivity contribution in [3.63, 3.8) is 0 Å². The highest BCUT2D eigenvalue weighted by Crippen LogP contribution is 2.49. The number of benzene rings is 4. The van der Waals surface area contributed by atoms with E-state index in [2.05, 4.69) is 88.1 Å². The first-order valence-electron chi connectivity index (χ1n) is 11.8. The fourth-order valence-corrected chi connectivity index (χ4v) is 7.90. The molecule has 6 rings (SSSR count). The van der Waals surface area contributed by atoms with Crippen LogP contribution in [0.1, 0.15) is 0 Å². The van der Waals surface area contributed by atoms with E-state index in [1.807, 2.05) is 36.4 Å². The van der Waals surface area contributed by atoms with Gasteiger partial charge < -0.3 is 4.74 Å². The third kappa shape index (κ3) is 4.09. The molecule has 0 aliphatic heterocycles. The van der Waals surface area contributed by atoms with E-state index in [9.17, 15) is 0 Å². The highest BCUT2D eigenvalue weighted by atomic mass is 31.2. The van der Waals surface area contributed by atoms with E-state index < -0.39 is 7.05 Å². The van der Waals surface area contributed by atoms with Gasteiger partial charge in [0.1, 0.15) is 16.8 Å². The van der Waals surface area contributed by atoms with E-state index in [-0.39, 0.29) is 0 Å². The fraction of sp³-hybridized carbons (Fsp3) is 0.0345. The summed E-state index contributed by atoms with van der Waals surface area (Å²) in [5, 5.41) is 12.1. The van der Waals surface area contributed by atoms with Crippen LogP contribution in [0, 0.1) is 0 Å². The summed E-state index contributed by atoms with van der Waals surface area (Å²) in [6.07, 6.45) is 3.31. The monoisotopic (exact) mass is 502 g/mol. The predicted molar refractivity (Wildman–Crippen MR) is 148 cm³/mol. The third-order valence-electron chi connectivity index (χ3n) is 6.15. The molecule has 0 saturated carbocycles. The van der Waals surface area contributed by atoms with Gasteiger partial charge in [-0.25, -0.2) is 14.7 Å². The Morgan fingerprint density at radius 2 is 1.27 bits per heavy atom. The van der Waals surface area contributed by atoms with Crippen LogP contribution >= 0.6 is 7.05 Å². The first-order chi connectivity index (χ1) is 18.3. The SMILES string of the molecule is COc1ccc2nnn(-c3nccnc3N=P(c3ccccc3)(c3ccccc3)c3ccccc3)c2c1. The molecule has 0 unspecified atom stereocenters. The van der Waals surface area contributed by atoms with E-state index in [1.54, 1.807) is 24.2 Å². The van der Waals surface area contributed by atoms with Crippen molar-refractivity contribution in [3.05, 3.63) is 122 Å². The Kier molecular flexibility index (Phi) is 6.05. The van der Waals surface area contributed by atoms with Gasteiger partial charge >= 0.3 is 0 Å². The second kappa shape index (κ2) is 9.80. The summed E-state index contributed by atoms with van der Waals surface area (Å²) in [7, 11) is -0.908. The van der Waals surface area contributed by atoms with Crippen molar-refractivity contribution in [2.24, 2.45) is 4.74 Å². The minimum Gasteiger partial charge on any atom is -0.497 e. The lowest BCUT2D eigenvalue weighted by molar-refractivity contribution is 0.415. The largest absolute Gasteiger partial charge is 0.497 e. The molecule has 0 atom stereocenters. The molecule has 0 aliphatic rings. The number of aromatic nitrogens is 5. The Labute approximate surface area is 214 Å². The predicted octanol–water partition coefficient (Wildman–Crippen LogP) is 5.03. The maximum atomic E-state index is 5.52. The van der Waals surface area contributed by atoms with Crippen molar-refractivity contribution < 1.29 is 4.74 Å². The van der Waals surface area contributed by atoms with Gasteiger partial charge in [0.15, 0.2) is 5.82 Å². The summed E-state index contributed by atoms with van der Waals surface area (Å²) in [5.41, 5.74) is 1.49. The van der Waals surface area contributed by atoms with Crippen LogP contribution in [0.5, 0.6) is 5.75 Å². The molecule has 0 bridgehead atoms. The Morgan fingerprint density at radius 1 is 0.703 bits per heavy atom. The minimum absolute atomic E-state index is 0.488. The lowest BCUT2D eigenvalue weighted by Crippen LogP contribution is -2.25. The average Bonchev–Trinajstić information content (AvgIpc) is 3.40. The topological polar surface area (TPSA) is 78.1 Å². The normalized spacial score (nSPS) is 11.4. The van der Waals surface area contributed by atoms with Gasteiger partial charge in [0.25, 0.3) is 0 Å². The van der Waals surface area contributed by atoms with E-state index in [0.29, 0.717) is 17.4 Å². The molecule has 0 saturated heterocycles. The zero-order valence-electron chi connectivity index (χ0n) is 20.1. The number of hydrogen-bond acceptors (Lipinski definition) is 6. The molecule has 8 heteroatoms. The maximum Gasteiger partial charge on any atom is 0.200 e. The number of fused-ring (bicyclic) bond motifs is 1. The van der Waals surface area contributed by atoms with Gasteiger partial charge in [-0.15, -0.1) is 5.10 Å². The lowest BCUT2D eigenvalue weighted by Gasteiger charge is -2.26. The Balaban J connectivity index is 1.70. The van der Waals surface area contributed by atoms with Gasteiger partial charge in [0, 0.05) is 34.4 Å². The molecule has 180 valence electrons. The molecule has 4 aromatic carbocycles. The smallest absolute Gasteiger partial charge is 0.200 e. The molecule has 7 nitrogen and oxygen atoms in total. The zero-order chi connectivity index (χ0) is 25.1. The lowest BCUT2D eigenvalue weighted by atomic mass is 10.3. The Morgan fingerprint density at radius 3 is 1.84 bits per heavy atom. The van der Waals surface area contributed by atoms with E-state index in [4.69, 9.17) is 14.5 Å². The van der Waals surface area contributed by atoms with Gasteiger partial charge in [0.2, 0.25) is 5.82 Å². The zero-order valence-corrected chi connectivity index (χ0v) is 21.0. The molecule has 0 aliphatic carbocycles. The van der Waals surface area contributed by atoms with Crippen LogP contribution in [0.3, 0.4) is 0 Å². The van der Waals surface area contributed by atoms with Crippen LogP contribution in [-0.4, -0.2) is 32.1 Å². The Hall–Kier alpha value is -4.61. The molecule has 0 fully saturated rings. The number of nitrogens with zero attached hydrogens (tertiary/aromatic N) is 6. The van der Waals surface area contributed by atoms with Crippen molar-refractivity contribution in [2.45, 2.75) is 0 Å². The van der Waals surface area contributed by atoms with Crippen molar-refractivity contribution in [1.82, 2.24) is 25.0 Å². The van der Waals surface area contributed by atoms with Gasteiger partial charge in [0.05, 0.1) is 14.2 Å². The average molecular weight is 503 g/mol. The number of methoxy groups -OCH3 is 1. The van der Waals surface area contributed by atoms with Gasteiger partial charge in [-0.2, -0.15) is 4.68 Å². The third-order valence-corrected chi connectivity index (χ3v) is 9.77. The minimum atomic E-state index is -2.54. The molecule has 6 aromatic rings. The van der Waals surface area contributed by atoms with E-state index in [1.165, 1.54) is 0 Å². The molecule has 37 heavy (non-hydrogen) atoms. The highest BCUT2D eigenvalue weighted by Gasteiger charge is 2.28. The van der Waals surface area contributed by atoms with E-state index >= 15 is 0 Å². The fourth-order valence-electron chi connectivity index (χ4n) is 4.42. The summed E-state index contributed by atoms with van der Waals surface area (Å²) in [6, 6.07) is 36.9.